The summed E-state index contributed by atoms with van der Waals surface area (Å²) < 4.78 is 11.3. The number of aliphatic carboxylic acids is 1. The van der Waals surface area contributed by atoms with Crippen molar-refractivity contribution in [3.05, 3.63) is 59.7 Å². The Balaban J connectivity index is 1.33. The van der Waals surface area contributed by atoms with Crippen LogP contribution < -0.4 is 15.4 Å². The number of hydrogen-bond acceptors (Lipinski definition) is 6. The number of nitrogens with zero attached hydrogens (tertiary/aromatic N) is 3. The molecule has 2 aromatic rings. The monoisotopic (exact) mass is 480 g/mol. The molecule has 2 aliphatic rings. The molecule has 35 heavy (non-hydrogen) atoms. The second kappa shape index (κ2) is 10.9. The van der Waals surface area contributed by atoms with Gasteiger partial charge in [-0.3, -0.25) is 19.5 Å². The molecule has 0 spiro atoms. The van der Waals surface area contributed by atoms with Crippen molar-refractivity contribution < 1.29 is 29.0 Å². The second-order valence-electron chi connectivity index (χ2n) is 8.45. The number of nitrogens with two attached hydrogens (primary N) is 1. The minimum atomic E-state index is -1.07. The SMILES string of the molecule is NC(=NCC(=O)O)c1ccc(N2CC(COc3cccc(C(=O)N4CCCCC4)c3)OC2=O)cc1. The Morgan fingerprint density at radius 2 is 1.83 bits per heavy atom. The number of anilines is 1. The van der Waals surface area contributed by atoms with Crippen LogP contribution in [-0.2, 0) is 9.53 Å². The average Bonchev–Trinajstić information content (AvgIpc) is 3.26. The van der Waals surface area contributed by atoms with Crippen LogP contribution in [-0.4, -0.2) is 72.7 Å². The lowest BCUT2D eigenvalue weighted by molar-refractivity contribution is -0.135. The van der Waals surface area contributed by atoms with Crippen LogP contribution >= 0.6 is 0 Å². The normalized spacial score (nSPS) is 18.3. The van der Waals surface area contributed by atoms with Gasteiger partial charge >= 0.3 is 12.1 Å². The summed E-state index contributed by atoms with van der Waals surface area (Å²) in [5.41, 5.74) is 7.56. The van der Waals surface area contributed by atoms with E-state index in [0.29, 0.717) is 29.1 Å². The van der Waals surface area contributed by atoms with Crippen molar-refractivity contribution in [3.63, 3.8) is 0 Å². The first-order valence-corrected chi connectivity index (χ1v) is 11.5. The first kappa shape index (κ1) is 24.1. The molecule has 3 N–H and O–H groups in total. The van der Waals surface area contributed by atoms with Crippen LogP contribution in [0.15, 0.2) is 53.5 Å². The van der Waals surface area contributed by atoms with Crippen molar-refractivity contribution in [2.24, 2.45) is 10.7 Å². The Bertz CT molecular complexity index is 1110. The topological polar surface area (TPSA) is 135 Å². The number of piperidine rings is 1. The van der Waals surface area contributed by atoms with Gasteiger partial charge in [-0.1, -0.05) is 6.07 Å². The van der Waals surface area contributed by atoms with Crippen LogP contribution in [0.4, 0.5) is 10.5 Å². The lowest BCUT2D eigenvalue weighted by atomic mass is 10.1. The lowest BCUT2D eigenvalue weighted by Crippen LogP contribution is -2.35. The number of cyclic esters (lactones) is 1. The molecular formula is C25H28N4O6. The number of carbonyl (C=O) groups excluding carboxylic acids is 2. The van der Waals surface area contributed by atoms with E-state index in [4.69, 9.17) is 20.3 Å². The van der Waals surface area contributed by atoms with Gasteiger partial charge in [0.25, 0.3) is 5.91 Å². The summed E-state index contributed by atoms with van der Waals surface area (Å²) >= 11 is 0. The third kappa shape index (κ3) is 6.08. The highest BCUT2D eigenvalue weighted by atomic mass is 16.6. The summed E-state index contributed by atoms with van der Waals surface area (Å²) in [6, 6.07) is 13.8. The average molecular weight is 481 g/mol. The fourth-order valence-corrected chi connectivity index (χ4v) is 4.06. The van der Waals surface area contributed by atoms with Gasteiger partial charge in [-0.15, -0.1) is 0 Å². The number of ether oxygens (including phenoxy) is 2. The van der Waals surface area contributed by atoms with Gasteiger partial charge in [0.05, 0.1) is 6.54 Å². The summed E-state index contributed by atoms with van der Waals surface area (Å²) in [6.45, 7) is 1.59. The lowest BCUT2D eigenvalue weighted by Gasteiger charge is -2.26. The quantitative estimate of drug-likeness (QED) is 0.438. The second-order valence-corrected chi connectivity index (χ2v) is 8.45. The molecule has 184 valence electrons. The fourth-order valence-electron chi connectivity index (χ4n) is 4.06. The first-order valence-electron chi connectivity index (χ1n) is 11.5. The third-order valence-electron chi connectivity index (χ3n) is 5.89. The summed E-state index contributed by atoms with van der Waals surface area (Å²) in [6.07, 6.45) is 2.24. The first-order chi connectivity index (χ1) is 16.9. The molecule has 1 atom stereocenters. The summed E-state index contributed by atoms with van der Waals surface area (Å²) in [7, 11) is 0. The minimum absolute atomic E-state index is 0.00529. The number of benzene rings is 2. The number of amides is 2. The fraction of sp³-hybridized carbons (Fsp3) is 0.360. The highest BCUT2D eigenvalue weighted by Gasteiger charge is 2.33. The highest BCUT2D eigenvalue weighted by molar-refractivity contribution is 5.99. The van der Waals surface area contributed by atoms with Crippen LogP contribution in [0.5, 0.6) is 5.75 Å². The summed E-state index contributed by atoms with van der Waals surface area (Å²) in [5.74, 6) is -0.415. The van der Waals surface area contributed by atoms with Crippen molar-refractivity contribution in [2.75, 3.05) is 37.7 Å². The number of amidine groups is 1. The maximum Gasteiger partial charge on any atom is 0.414 e. The maximum absolute atomic E-state index is 12.7. The smallest absolute Gasteiger partial charge is 0.414 e. The third-order valence-corrected chi connectivity index (χ3v) is 5.89. The maximum atomic E-state index is 12.7. The van der Waals surface area contributed by atoms with Gasteiger partial charge in [0, 0.05) is 29.9 Å². The zero-order valence-electron chi connectivity index (χ0n) is 19.3. The van der Waals surface area contributed by atoms with E-state index in [1.807, 2.05) is 4.90 Å². The van der Waals surface area contributed by atoms with Crippen molar-refractivity contribution >= 4 is 29.5 Å². The molecular weight excluding hydrogens is 452 g/mol. The standard InChI is InChI=1S/C25H28N4O6/c26-23(27-14-22(30)31)17-7-9-19(10-8-17)29-15-21(35-25(29)33)16-34-20-6-4-5-18(13-20)24(32)28-11-2-1-3-12-28/h4-10,13,21H,1-3,11-12,14-16H2,(H2,26,27)(H,30,31). The number of rotatable bonds is 8. The summed E-state index contributed by atoms with van der Waals surface area (Å²) in [4.78, 5) is 42.9. The number of carbonyl (C=O) groups is 3. The van der Waals surface area contributed by atoms with Gasteiger partial charge in [0.1, 0.15) is 24.7 Å². The van der Waals surface area contributed by atoms with Gasteiger partial charge in [0.2, 0.25) is 0 Å². The minimum Gasteiger partial charge on any atom is -0.490 e. The van der Waals surface area contributed by atoms with Gasteiger partial charge in [-0.25, -0.2) is 4.79 Å². The van der Waals surface area contributed by atoms with Crippen LogP contribution in [0.2, 0.25) is 0 Å². The molecule has 0 aromatic heterocycles. The number of hydrogen-bond donors (Lipinski definition) is 2. The van der Waals surface area contributed by atoms with E-state index < -0.39 is 24.7 Å². The molecule has 4 rings (SSSR count). The molecule has 0 radical (unpaired) electrons. The van der Waals surface area contributed by atoms with Gasteiger partial charge < -0.3 is 25.2 Å². The van der Waals surface area contributed by atoms with E-state index in [2.05, 4.69) is 4.99 Å². The molecule has 0 aliphatic carbocycles. The zero-order chi connectivity index (χ0) is 24.8. The van der Waals surface area contributed by atoms with Crippen LogP contribution in [0.25, 0.3) is 0 Å². The van der Waals surface area contributed by atoms with E-state index in [1.54, 1.807) is 48.5 Å². The molecule has 2 fully saturated rings. The predicted octanol–water partition coefficient (Wildman–Crippen LogP) is 2.51. The number of carboxylic acid groups (broad SMARTS) is 1. The van der Waals surface area contributed by atoms with Gasteiger partial charge in [-0.2, -0.15) is 0 Å². The Morgan fingerprint density at radius 3 is 2.54 bits per heavy atom. The van der Waals surface area contributed by atoms with Crippen LogP contribution in [0.1, 0.15) is 35.2 Å². The molecule has 0 saturated carbocycles. The molecule has 2 aliphatic heterocycles. The molecule has 2 aromatic carbocycles. The van der Waals surface area contributed by atoms with E-state index in [9.17, 15) is 14.4 Å². The van der Waals surface area contributed by atoms with E-state index >= 15 is 0 Å². The molecule has 1 unspecified atom stereocenters. The number of aliphatic imine (C=N–C) groups is 1. The number of likely N-dealkylation sites (tertiary alicyclic amines) is 1. The summed E-state index contributed by atoms with van der Waals surface area (Å²) in [5, 5.41) is 8.71. The predicted molar refractivity (Wildman–Crippen MR) is 129 cm³/mol. The molecule has 0 bridgehead atoms. The molecule has 10 heteroatoms. The van der Waals surface area contributed by atoms with Crippen molar-refractivity contribution in [1.82, 2.24) is 4.90 Å². The van der Waals surface area contributed by atoms with E-state index in [1.165, 1.54) is 4.90 Å². The largest absolute Gasteiger partial charge is 0.490 e. The Labute approximate surface area is 202 Å². The van der Waals surface area contributed by atoms with Crippen LogP contribution in [0.3, 0.4) is 0 Å². The molecule has 2 heterocycles. The highest BCUT2D eigenvalue weighted by Crippen LogP contribution is 2.23. The van der Waals surface area contributed by atoms with E-state index in [-0.39, 0.29) is 18.3 Å². The van der Waals surface area contributed by atoms with Gasteiger partial charge in [0.15, 0.2) is 6.10 Å². The molecule has 10 nitrogen and oxygen atoms in total. The Morgan fingerprint density at radius 1 is 1.09 bits per heavy atom. The van der Waals surface area contributed by atoms with Crippen LogP contribution in [0, 0.1) is 0 Å². The number of carboxylic acids is 1. The molecule has 2 amide bonds. The van der Waals surface area contributed by atoms with Crippen molar-refractivity contribution in [3.8, 4) is 5.75 Å². The van der Waals surface area contributed by atoms with E-state index in [0.717, 1.165) is 32.4 Å². The van der Waals surface area contributed by atoms with Gasteiger partial charge in [-0.05, 0) is 61.7 Å². The van der Waals surface area contributed by atoms with Crippen molar-refractivity contribution in [1.29, 1.82) is 0 Å². The van der Waals surface area contributed by atoms with Crippen molar-refractivity contribution in [2.45, 2.75) is 25.4 Å². The Kier molecular flexibility index (Phi) is 7.49. The molecule has 2 saturated heterocycles. The zero-order valence-corrected chi connectivity index (χ0v) is 19.3. The Hall–Kier alpha value is -4.08.